The van der Waals surface area contributed by atoms with E-state index < -0.39 is 23.5 Å². The molecule has 21 heavy (non-hydrogen) atoms. The molecule has 1 atom stereocenters. The number of thiophene rings is 1. The van der Waals surface area contributed by atoms with Gasteiger partial charge in [-0.25, -0.2) is 13.2 Å². The van der Waals surface area contributed by atoms with Gasteiger partial charge in [-0.3, -0.25) is 0 Å². The Bertz CT molecular complexity index is 774. The topological polar surface area (TPSA) is 12.0 Å². The summed E-state index contributed by atoms with van der Waals surface area (Å²) in [6.45, 7) is 0. The highest BCUT2D eigenvalue weighted by molar-refractivity contribution is 7.17. The van der Waals surface area contributed by atoms with Crippen LogP contribution in [0.25, 0.3) is 10.1 Å². The van der Waals surface area contributed by atoms with Crippen LogP contribution < -0.4 is 5.32 Å². The molecule has 0 radical (unpaired) electrons. The number of hydrogen-bond donors (Lipinski definition) is 1. The van der Waals surface area contributed by atoms with E-state index in [-0.39, 0.29) is 5.56 Å². The van der Waals surface area contributed by atoms with Gasteiger partial charge in [0.15, 0.2) is 0 Å². The molecule has 0 bridgehead atoms. The molecule has 1 aromatic heterocycles. The van der Waals surface area contributed by atoms with Crippen molar-refractivity contribution in [2.45, 2.75) is 6.04 Å². The molecule has 0 aliphatic rings. The van der Waals surface area contributed by atoms with Gasteiger partial charge >= 0.3 is 0 Å². The maximum Gasteiger partial charge on any atom is 0.134 e. The second-order valence-corrected chi connectivity index (χ2v) is 5.60. The molecule has 0 saturated carbocycles. The second kappa shape index (κ2) is 5.50. The standard InChI is InChI=1S/C16H12F3NS/c1-20-16(15-12(18)6-9(17)7-13(15)19)11-8-21-14-5-3-2-4-10(11)14/h2-8,16,20H,1H3. The first-order valence-electron chi connectivity index (χ1n) is 6.39. The Morgan fingerprint density at radius 3 is 2.38 bits per heavy atom. The summed E-state index contributed by atoms with van der Waals surface area (Å²) in [5.74, 6) is -2.69. The van der Waals surface area contributed by atoms with Crippen LogP contribution in [-0.2, 0) is 0 Å². The van der Waals surface area contributed by atoms with Crippen molar-refractivity contribution >= 4 is 21.4 Å². The van der Waals surface area contributed by atoms with Crippen LogP contribution >= 0.6 is 11.3 Å². The van der Waals surface area contributed by atoms with E-state index in [1.165, 1.54) is 11.3 Å². The van der Waals surface area contributed by atoms with E-state index in [4.69, 9.17) is 0 Å². The molecule has 1 unspecified atom stereocenters. The highest BCUT2D eigenvalue weighted by Crippen LogP contribution is 2.35. The molecule has 1 nitrogen and oxygen atoms in total. The van der Waals surface area contributed by atoms with Crippen molar-refractivity contribution in [2.24, 2.45) is 0 Å². The highest BCUT2D eigenvalue weighted by atomic mass is 32.1. The van der Waals surface area contributed by atoms with Gasteiger partial charge in [0, 0.05) is 22.4 Å². The van der Waals surface area contributed by atoms with E-state index in [1.807, 2.05) is 29.6 Å². The Morgan fingerprint density at radius 1 is 1.05 bits per heavy atom. The third-order valence-corrected chi connectivity index (χ3v) is 4.42. The van der Waals surface area contributed by atoms with E-state index >= 15 is 0 Å². The summed E-state index contributed by atoms with van der Waals surface area (Å²) in [7, 11) is 1.62. The third-order valence-electron chi connectivity index (χ3n) is 3.44. The lowest BCUT2D eigenvalue weighted by Crippen LogP contribution is -2.20. The van der Waals surface area contributed by atoms with E-state index in [0.29, 0.717) is 12.1 Å². The SMILES string of the molecule is CNC(c1c(F)cc(F)cc1F)c1csc2ccccc12. The monoisotopic (exact) mass is 307 g/mol. The minimum absolute atomic E-state index is 0.164. The molecular formula is C16H12F3NS. The zero-order valence-corrected chi connectivity index (χ0v) is 12.0. The Hall–Kier alpha value is -1.85. The molecule has 3 rings (SSSR count). The Morgan fingerprint density at radius 2 is 1.71 bits per heavy atom. The van der Waals surface area contributed by atoms with Crippen LogP contribution in [0.4, 0.5) is 13.2 Å². The molecule has 0 amide bonds. The fourth-order valence-electron chi connectivity index (χ4n) is 2.51. The lowest BCUT2D eigenvalue weighted by Gasteiger charge is -2.18. The number of halogens is 3. The van der Waals surface area contributed by atoms with Crippen molar-refractivity contribution < 1.29 is 13.2 Å². The minimum Gasteiger partial charge on any atom is -0.309 e. The fourth-order valence-corrected chi connectivity index (χ4v) is 3.49. The minimum atomic E-state index is -0.918. The number of fused-ring (bicyclic) bond motifs is 1. The normalized spacial score (nSPS) is 12.8. The van der Waals surface area contributed by atoms with Crippen LogP contribution in [-0.4, -0.2) is 7.05 Å². The van der Waals surface area contributed by atoms with Crippen molar-refractivity contribution in [2.75, 3.05) is 7.05 Å². The number of benzene rings is 2. The van der Waals surface area contributed by atoms with Crippen molar-refractivity contribution in [3.63, 3.8) is 0 Å². The molecule has 0 fully saturated rings. The van der Waals surface area contributed by atoms with Gasteiger partial charge < -0.3 is 5.32 Å². The number of hydrogen-bond acceptors (Lipinski definition) is 2. The molecule has 0 spiro atoms. The number of rotatable bonds is 3. The van der Waals surface area contributed by atoms with Crippen LogP contribution in [0.3, 0.4) is 0 Å². The zero-order valence-electron chi connectivity index (χ0n) is 11.2. The van der Waals surface area contributed by atoms with Gasteiger partial charge in [0.1, 0.15) is 17.5 Å². The average molecular weight is 307 g/mol. The predicted octanol–water partition coefficient (Wildman–Crippen LogP) is 4.63. The van der Waals surface area contributed by atoms with Crippen LogP contribution in [0.1, 0.15) is 17.2 Å². The summed E-state index contributed by atoms with van der Waals surface area (Å²) in [6.07, 6.45) is 0. The molecule has 108 valence electrons. The molecule has 0 saturated heterocycles. The molecular weight excluding hydrogens is 295 g/mol. The fraction of sp³-hybridized carbons (Fsp3) is 0.125. The summed E-state index contributed by atoms with van der Waals surface area (Å²) in [5.41, 5.74) is 0.616. The largest absolute Gasteiger partial charge is 0.309 e. The molecule has 2 aromatic carbocycles. The smallest absolute Gasteiger partial charge is 0.134 e. The van der Waals surface area contributed by atoms with E-state index in [2.05, 4.69) is 5.32 Å². The van der Waals surface area contributed by atoms with Gasteiger partial charge in [0.25, 0.3) is 0 Å². The van der Waals surface area contributed by atoms with Gasteiger partial charge in [-0.05, 0) is 29.4 Å². The molecule has 5 heteroatoms. The molecule has 1 N–H and O–H groups in total. The highest BCUT2D eigenvalue weighted by Gasteiger charge is 2.24. The first kappa shape index (κ1) is 14.1. The predicted molar refractivity (Wildman–Crippen MR) is 79.0 cm³/mol. The van der Waals surface area contributed by atoms with Gasteiger partial charge in [0.2, 0.25) is 0 Å². The molecule has 0 aliphatic heterocycles. The Kier molecular flexibility index (Phi) is 3.69. The van der Waals surface area contributed by atoms with Crippen LogP contribution in [0, 0.1) is 17.5 Å². The average Bonchev–Trinajstić information content (AvgIpc) is 2.86. The first-order valence-corrected chi connectivity index (χ1v) is 7.27. The number of nitrogens with one attached hydrogen (secondary N) is 1. The van der Waals surface area contributed by atoms with Gasteiger partial charge in [-0.15, -0.1) is 11.3 Å². The summed E-state index contributed by atoms with van der Waals surface area (Å²) in [4.78, 5) is 0. The van der Waals surface area contributed by atoms with Gasteiger partial charge in [0.05, 0.1) is 6.04 Å². The van der Waals surface area contributed by atoms with Crippen molar-refractivity contribution in [3.05, 3.63) is 70.4 Å². The quantitative estimate of drug-likeness (QED) is 0.744. The molecule has 3 aromatic rings. The maximum atomic E-state index is 14.0. The lowest BCUT2D eigenvalue weighted by molar-refractivity contribution is 0.501. The van der Waals surface area contributed by atoms with E-state index in [9.17, 15) is 13.2 Å². The van der Waals surface area contributed by atoms with Crippen molar-refractivity contribution in [1.82, 2.24) is 5.32 Å². The summed E-state index contributed by atoms with van der Waals surface area (Å²) in [6, 6.07) is 8.40. The summed E-state index contributed by atoms with van der Waals surface area (Å²) in [5, 5.41) is 5.72. The van der Waals surface area contributed by atoms with Crippen LogP contribution in [0.2, 0.25) is 0 Å². The zero-order chi connectivity index (χ0) is 15.0. The van der Waals surface area contributed by atoms with E-state index in [1.54, 1.807) is 7.05 Å². The lowest BCUT2D eigenvalue weighted by atomic mass is 9.97. The van der Waals surface area contributed by atoms with Crippen LogP contribution in [0.5, 0.6) is 0 Å². The maximum absolute atomic E-state index is 14.0. The summed E-state index contributed by atoms with van der Waals surface area (Å²) >= 11 is 1.51. The Balaban J connectivity index is 2.19. The van der Waals surface area contributed by atoms with Crippen molar-refractivity contribution in [3.8, 4) is 0 Å². The molecule has 1 heterocycles. The van der Waals surface area contributed by atoms with Gasteiger partial charge in [-0.2, -0.15) is 0 Å². The second-order valence-electron chi connectivity index (χ2n) is 4.69. The third kappa shape index (κ3) is 2.43. The van der Waals surface area contributed by atoms with Crippen molar-refractivity contribution in [1.29, 1.82) is 0 Å². The van der Waals surface area contributed by atoms with E-state index in [0.717, 1.165) is 15.6 Å². The van der Waals surface area contributed by atoms with Crippen LogP contribution in [0.15, 0.2) is 41.8 Å². The summed E-state index contributed by atoms with van der Waals surface area (Å²) < 4.78 is 42.2. The first-order chi connectivity index (χ1) is 10.1. The molecule has 0 aliphatic carbocycles. The Labute approximate surface area is 124 Å². The van der Waals surface area contributed by atoms with Gasteiger partial charge in [-0.1, -0.05) is 18.2 Å².